The van der Waals surface area contributed by atoms with Gasteiger partial charge in [-0.25, -0.2) is 4.79 Å². The topological polar surface area (TPSA) is 121 Å². The lowest BCUT2D eigenvalue weighted by molar-refractivity contribution is -0.0564. The van der Waals surface area contributed by atoms with Crippen LogP contribution in [0.2, 0.25) is 0 Å². The van der Waals surface area contributed by atoms with E-state index in [0.29, 0.717) is 5.82 Å². The zero-order chi connectivity index (χ0) is 15.0. The number of anilines is 1. The van der Waals surface area contributed by atoms with Crippen LogP contribution in [-0.4, -0.2) is 68.9 Å². The fraction of sp³-hybridized carbons (Fsp3) is 0.727. The van der Waals surface area contributed by atoms with E-state index in [0.717, 1.165) is 4.57 Å². The van der Waals surface area contributed by atoms with Gasteiger partial charge in [0, 0.05) is 14.1 Å². The molecule has 9 heteroatoms. The van der Waals surface area contributed by atoms with Crippen molar-refractivity contribution in [1.82, 2.24) is 14.5 Å². The Balaban J connectivity index is 2.42. The Morgan fingerprint density at radius 2 is 1.95 bits per heavy atom. The number of aliphatic hydroxyl groups is 3. The van der Waals surface area contributed by atoms with Gasteiger partial charge in [-0.1, -0.05) is 0 Å². The van der Waals surface area contributed by atoms with Crippen LogP contribution in [0.5, 0.6) is 0 Å². The molecule has 0 unspecified atom stereocenters. The third-order valence-corrected chi connectivity index (χ3v) is 3.18. The minimum Gasteiger partial charge on any atom is -0.394 e. The molecule has 20 heavy (non-hydrogen) atoms. The number of aryl methyl sites for hydroxylation is 1. The van der Waals surface area contributed by atoms with Crippen LogP contribution in [0.4, 0.5) is 5.95 Å². The summed E-state index contributed by atoms with van der Waals surface area (Å²) in [5.74, 6) is 0.541. The van der Waals surface area contributed by atoms with Gasteiger partial charge in [0.2, 0.25) is 5.95 Å². The average Bonchev–Trinajstić information content (AvgIpc) is 2.66. The monoisotopic (exact) mass is 286 g/mol. The molecular weight excluding hydrogens is 268 g/mol. The molecule has 1 aromatic heterocycles. The van der Waals surface area contributed by atoms with Crippen molar-refractivity contribution >= 4 is 5.95 Å². The van der Waals surface area contributed by atoms with Crippen LogP contribution >= 0.6 is 0 Å². The second kappa shape index (κ2) is 5.44. The molecule has 0 aromatic carbocycles. The normalized spacial score (nSPS) is 29.7. The molecule has 2 heterocycles. The lowest BCUT2D eigenvalue weighted by atomic mass is 10.1. The minimum atomic E-state index is -1.34. The first-order chi connectivity index (χ1) is 9.36. The second-order valence-corrected chi connectivity index (χ2v) is 4.85. The van der Waals surface area contributed by atoms with E-state index in [2.05, 4.69) is 9.97 Å². The molecular formula is C11H18N4O5. The van der Waals surface area contributed by atoms with Gasteiger partial charge in [0.15, 0.2) is 6.23 Å². The highest BCUT2D eigenvalue weighted by molar-refractivity contribution is 5.25. The number of hydrogen-bond acceptors (Lipinski definition) is 8. The van der Waals surface area contributed by atoms with E-state index >= 15 is 0 Å². The average molecular weight is 286 g/mol. The molecule has 9 nitrogen and oxygen atoms in total. The number of aliphatic hydroxyl groups excluding tert-OH is 3. The summed E-state index contributed by atoms with van der Waals surface area (Å²) in [7, 11) is 3.40. The summed E-state index contributed by atoms with van der Waals surface area (Å²) in [6.07, 6.45) is -4.68. The zero-order valence-electron chi connectivity index (χ0n) is 11.5. The van der Waals surface area contributed by atoms with Gasteiger partial charge in [0.25, 0.3) is 0 Å². The van der Waals surface area contributed by atoms with Crippen LogP contribution in [0.25, 0.3) is 0 Å². The maximum atomic E-state index is 12.0. The lowest BCUT2D eigenvalue weighted by Gasteiger charge is -2.20. The summed E-state index contributed by atoms with van der Waals surface area (Å²) < 4.78 is 6.37. The van der Waals surface area contributed by atoms with E-state index in [1.165, 1.54) is 0 Å². The SMILES string of the molecule is Cc1nc(N(C)C)nc(=O)n1[C@@H]1O[C@H](CO)[C@@H](O)[C@H]1O. The smallest absolute Gasteiger partial charge is 0.354 e. The molecule has 0 bridgehead atoms. The standard InChI is InChI=1S/C11H18N4O5/c1-5-12-10(14(2)3)13-11(19)15(5)9-8(18)7(17)6(4-16)20-9/h6-9,16-18H,4H2,1-3H3/t6-,7-,8-,9-/m1/s1. The van der Waals surface area contributed by atoms with E-state index in [1.807, 2.05) is 0 Å². The first-order valence-electron chi connectivity index (χ1n) is 6.13. The highest BCUT2D eigenvalue weighted by atomic mass is 16.6. The molecule has 0 radical (unpaired) electrons. The molecule has 1 fully saturated rings. The minimum absolute atomic E-state index is 0.246. The first-order valence-corrected chi connectivity index (χ1v) is 6.13. The summed E-state index contributed by atoms with van der Waals surface area (Å²) in [5, 5.41) is 28.7. The predicted octanol–water partition coefficient (Wildman–Crippen LogP) is -2.38. The molecule has 0 saturated carbocycles. The van der Waals surface area contributed by atoms with Gasteiger partial charge < -0.3 is 25.0 Å². The maximum Gasteiger partial charge on any atom is 0.354 e. The highest BCUT2D eigenvalue weighted by Crippen LogP contribution is 2.28. The number of ether oxygens (including phenoxy) is 1. The molecule has 112 valence electrons. The fourth-order valence-electron chi connectivity index (χ4n) is 2.09. The fourth-order valence-corrected chi connectivity index (χ4v) is 2.09. The van der Waals surface area contributed by atoms with Gasteiger partial charge >= 0.3 is 5.69 Å². The van der Waals surface area contributed by atoms with E-state index in [-0.39, 0.29) is 5.95 Å². The van der Waals surface area contributed by atoms with Gasteiger partial charge in [-0.15, -0.1) is 0 Å². The van der Waals surface area contributed by atoms with Crippen LogP contribution < -0.4 is 10.6 Å². The summed E-state index contributed by atoms with van der Waals surface area (Å²) in [6, 6.07) is 0. The molecule has 1 saturated heterocycles. The van der Waals surface area contributed by atoms with Gasteiger partial charge in [-0.05, 0) is 6.92 Å². The van der Waals surface area contributed by atoms with Gasteiger partial charge in [0.1, 0.15) is 24.1 Å². The molecule has 0 aliphatic carbocycles. The molecule has 3 N–H and O–H groups in total. The molecule has 4 atom stereocenters. The summed E-state index contributed by atoms with van der Waals surface area (Å²) in [5.41, 5.74) is -0.643. The van der Waals surface area contributed by atoms with Crippen molar-refractivity contribution in [2.75, 3.05) is 25.6 Å². The summed E-state index contributed by atoms with van der Waals surface area (Å²) in [4.78, 5) is 21.5. The van der Waals surface area contributed by atoms with E-state index in [1.54, 1.807) is 25.9 Å². The maximum absolute atomic E-state index is 12.0. The lowest BCUT2D eigenvalue weighted by Crippen LogP contribution is -2.38. The van der Waals surface area contributed by atoms with Crippen LogP contribution in [0.15, 0.2) is 4.79 Å². The molecule has 1 aliphatic rings. The Bertz CT molecular complexity index is 546. The third kappa shape index (κ3) is 2.40. The highest BCUT2D eigenvalue weighted by Gasteiger charge is 2.44. The Kier molecular flexibility index (Phi) is 4.04. The number of rotatable bonds is 3. The summed E-state index contributed by atoms with van der Waals surface area (Å²) >= 11 is 0. The van der Waals surface area contributed by atoms with Crippen molar-refractivity contribution in [3.63, 3.8) is 0 Å². The van der Waals surface area contributed by atoms with Crippen LogP contribution in [0.3, 0.4) is 0 Å². The van der Waals surface area contributed by atoms with E-state index < -0.39 is 36.8 Å². The zero-order valence-corrected chi connectivity index (χ0v) is 11.5. The van der Waals surface area contributed by atoms with E-state index in [9.17, 15) is 15.0 Å². The summed E-state index contributed by atoms with van der Waals surface area (Å²) in [6.45, 7) is 1.12. The number of hydrogen-bond donors (Lipinski definition) is 3. The van der Waals surface area contributed by atoms with Crippen LogP contribution in [0.1, 0.15) is 12.1 Å². The Morgan fingerprint density at radius 1 is 1.30 bits per heavy atom. The van der Waals surface area contributed by atoms with Crippen molar-refractivity contribution in [2.45, 2.75) is 31.5 Å². The third-order valence-electron chi connectivity index (χ3n) is 3.18. The number of nitrogens with zero attached hydrogens (tertiary/aromatic N) is 4. The molecule has 0 spiro atoms. The molecule has 1 aromatic rings. The van der Waals surface area contributed by atoms with Crippen molar-refractivity contribution in [3.8, 4) is 0 Å². The second-order valence-electron chi connectivity index (χ2n) is 4.85. The molecule has 1 aliphatic heterocycles. The Labute approximate surface area is 115 Å². The predicted molar refractivity (Wildman–Crippen MR) is 68.4 cm³/mol. The Morgan fingerprint density at radius 3 is 2.40 bits per heavy atom. The molecule has 2 rings (SSSR count). The van der Waals surface area contributed by atoms with Crippen molar-refractivity contribution in [1.29, 1.82) is 0 Å². The van der Waals surface area contributed by atoms with Crippen LogP contribution in [0, 0.1) is 6.92 Å². The quantitative estimate of drug-likeness (QED) is 0.563. The molecule has 0 amide bonds. The van der Waals surface area contributed by atoms with E-state index in [4.69, 9.17) is 9.84 Å². The van der Waals surface area contributed by atoms with Crippen molar-refractivity contribution < 1.29 is 20.1 Å². The van der Waals surface area contributed by atoms with Gasteiger partial charge in [0.05, 0.1) is 6.61 Å². The number of aromatic nitrogens is 3. The van der Waals surface area contributed by atoms with Crippen molar-refractivity contribution in [2.24, 2.45) is 0 Å². The Hall–Kier alpha value is -1.55. The van der Waals surface area contributed by atoms with Crippen LogP contribution in [-0.2, 0) is 4.74 Å². The van der Waals surface area contributed by atoms with Gasteiger partial charge in [-0.2, -0.15) is 9.97 Å². The largest absolute Gasteiger partial charge is 0.394 e. The van der Waals surface area contributed by atoms with Crippen molar-refractivity contribution in [3.05, 3.63) is 16.3 Å². The first kappa shape index (κ1) is 14.9. The van der Waals surface area contributed by atoms with Gasteiger partial charge in [-0.3, -0.25) is 4.57 Å².